The minimum Gasteiger partial charge on any atom is -0.512 e. The average molecular weight is 392 g/mol. The van der Waals surface area contributed by atoms with Gasteiger partial charge in [0.2, 0.25) is 0 Å². The molecule has 25 heavy (non-hydrogen) atoms. The topological polar surface area (TPSA) is 82.9 Å². The van der Waals surface area contributed by atoms with Crippen LogP contribution in [0.25, 0.3) is 0 Å². The first-order chi connectivity index (χ1) is 9.65. The number of carbonyl (C=O) groups is 2. The number of nitrogens with zero attached hydrogens (tertiary/aromatic N) is 3. The maximum absolute atomic E-state index is 10.8. The monoisotopic (exact) mass is 391 g/mol. The number of ether oxygens (including phenoxy) is 2. The van der Waals surface area contributed by atoms with E-state index in [2.05, 4.69) is 14.1 Å². The van der Waals surface area contributed by atoms with E-state index in [1.807, 2.05) is 41.5 Å². The fraction of sp³-hybridized carbons (Fsp3) is 0.667. The molecule has 0 saturated carbocycles. The zero-order valence-electron chi connectivity index (χ0n) is 17.2. The molecule has 0 N–H and O–H groups in total. The quantitative estimate of drug-likeness (QED) is 0.334. The Hall–Kier alpha value is -0.256. The second-order valence-electron chi connectivity index (χ2n) is 6.36. The molecule has 0 heterocycles. The van der Waals surface area contributed by atoms with Crippen molar-refractivity contribution in [3.05, 3.63) is 20.7 Å². The summed E-state index contributed by atoms with van der Waals surface area (Å²) < 4.78 is 9.85. The zero-order chi connectivity index (χ0) is 18.7. The second-order valence-corrected chi connectivity index (χ2v) is 6.36. The van der Waals surface area contributed by atoms with Gasteiger partial charge in [0, 0.05) is 0 Å². The van der Waals surface area contributed by atoms with Crippen molar-refractivity contribution in [2.24, 2.45) is 0 Å². The summed E-state index contributed by atoms with van der Waals surface area (Å²) in [6.07, 6.45) is -0.819. The number of amides is 2. The SMILES string of the molecule is [C-]#N.[CH2-]N(C)C(=O)OC(C)(C)C.[CH2-]N(C)C(=O)OC(C)(C)C.[Cu+].[Li+].[Li+]. The third-order valence-electron chi connectivity index (χ3n) is 1.41. The van der Waals surface area contributed by atoms with Crippen LogP contribution in [0.4, 0.5) is 9.59 Å². The molecule has 0 saturated heterocycles. The van der Waals surface area contributed by atoms with E-state index in [4.69, 9.17) is 21.3 Å². The van der Waals surface area contributed by atoms with Crippen LogP contribution in [-0.2, 0) is 26.5 Å². The Kier molecular flexibility index (Phi) is 29.4. The molecule has 2 amide bonds. The third kappa shape index (κ3) is 35.7. The number of carbonyl (C=O) groups excluding carboxylic acids is 2. The molecule has 0 aliphatic carbocycles. The maximum atomic E-state index is 10.8. The van der Waals surface area contributed by atoms with Crippen LogP contribution in [0, 0.1) is 25.9 Å². The molecule has 0 radical (unpaired) electrons. The largest absolute Gasteiger partial charge is 1.00 e. The minimum absolute atomic E-state index is 0. The van der Waals surface area contributed by atoms with Gasteiger partial charge in [-0.15, -0.1) is 0 Å². The Morgan fingerprint density at radius 2 is 0.960 bits per heavy atom. The van der Waals surface area contributed by atoms with Crippen molar-refractivity contribution < 1.29 is 73.9 Å². The van der Waals surface area contributed by atoms with Crippen molar-refractivity contribution >= 4 is 12.2 Å². The first kappa shape index (κ1) is 39.7. The summed E-state index contributed by atoms with van der Waals surface area (Å²) in [6.45, 7) is 15.6. The molecule has 0 bridgehead atoms. The molecule has 7 nitrogen and oxygen atoms in total. The van der Waals surface area contributed by atoms with E-state index in [0.717, 1.165) is 9.80 Å². The molecular formula is C15H28CuLi2N3O4. The van der Waals surface area contributed by atoms with Gasteiger partial charge < -0.3 is 31.1 Å². The number of hydrogen-bond acceptors (Lipinski definition) is 5. The molecule has 0 fully saturated rings. The minimum atomic E-state index is -0.428. The van der Waals surface area contributed by atoms with E-state index in [-0.39, 0.29) is 54.8 Å². The first-order valence-electron chi connectivity index (χ1n) is 6.42. The van der Waals surface area contributed by atoms with E-state index in [9.17, 15) is 9.59 Å². The zero-order valence-corrected chi connectivity index (χ0v) is 18.1. The van der Waals surface area contributed by atoms with Gasteiger partial charge in [-0.25, -0.2) is 23.7 Å². The van der Waals surface area contributed by atoms with Crippen molar-refractivity contribution in [1.82, 2.24) is 9.80 Å². The van der Waals surface area contributed by atoms with E-state index < -0.39 is 23.4 Å². The van der Waals surface area contributed by atoms with Gasteiger partial charge in [0.15, 0.2) is 0 Å². The maximum Gasteiger partial charge on any atom is 1.00 e. The van der Waals surface area contributed by atoms with Gasteiger partial charge in [0.25, 0.3) is 0 Å². The van der Waals surface area contributed by atoms with Crippen molar-refractivity contribution in [2.45, 2.75) is 52.7 Å². The molecule has 10 heteroatoms. The van der Waals surface area contributed by atoms with Crippen LogP contribution in [0.2, 0.25) is 0 Å². The van der Waals surface area contributed by atoms with Crippen LogP contribution >= 0.6 is 0 Å². The van der Waals surface area contributed by atoms with E-state index in [1.54, 1.807) is 14.1 Å². The van der Waals surface area contributed by atoms with Crippen molar-refractivity contribution in [2.75, 3.05) is 14.1 Å². The summed E-state index contributed by atoms with van der Waals surface area (Å²) in [7, 11) is 9.86. The molecule has 0 aromatic carbocycles. The van der Waals surface area contributed by atoms with Crippen LogP contribution in [0.3, 0.4) is 0 Å². The first-order valence-corrected chi connectivity index (χ1v) is 6.42. The summed E-state index contributed by atoms with van der Waals surface area (Å²) in [5, 5.41) is 6.25. The summed E-state index contributed by atoms with van der Waals surface area (Å²) >= 11 is 0. The molecule has 0 unspecified atom stereocenters. The Labute approximate surface area is 188 Å². The number of hydrogen-bond donors (Lipinski definition) is 0. The van der Waals surface area contributed by atoms with Gasteiger partial charge in [0.05, 0.1) is 0 Å². The molecule has 0 spiro atoms. The summed E-state index contributed by atoms with van der Waals surface area (Å²) in [4.78, 5) is 23.9. The Balaban J connectivity index is -0.0000000591. The van der Waals surface area contributed by atoms with Gasteiger partial charge in [-0.05, 0) is 55.6 Å². The van der Waals surface area contributed by atoms with Crippen LogP contribution < -0.4 is 37.7 Å². The third-order valence-corrected chi connectivity index (χ3v) is 1.41. The molecule has 0 aromatic rings. The van der Waals surface area contributed by atoms with Gasteiger partial charge >= 0.3 is 67.0 Å². The fourth-order valence-corrected chi connectivity index (χ4v) is 0.680. The van der Waals surface area contributed by atoms with Crippen molar-refractivity contribution in [3.63, 3.8) is 0 Å². The predicted octanol–water partition coefficient (Wildman–Crippen LogP) is -2.61. The van der Waals surface area contributed by atoms with E-state index in [0.29, 0.717) is 0 Å². The van der Waals surface area contributed by atoms with Gasteiger partial charge in [0.1, 0.15) is 11.2 Å². The normalized spacial score (nSPS) is 8.80. The summed E-state index contributed by atoms with van der Waals surface area (Å²) in [5.74, 6) is 0. The molecule has 0 aromatic heterocycles. The van der Waals surface area contributed by atoms with E-state index in [1.165, 1.54) is 0 Å². The molecular weight excluding hydrogens is 364 g/mol. The second kappa shape index (κ2) is 18.5. The molecule has 0 rings (SSSR count). The fourth-order valence-electron chi connectivity index (χ4n) is 0.680. The van der Waals surface area contributed by atoms with Crippen LogP contribution in [-0.4, -0.2) is 47.3 Å². The standard InChI is InChI=1S/2C7H14NO2.CN.Cu.2Li/c2*1-7(2,3)10-6(9)8(4)5;1-2;;;/h2*4H2,1-3,5H3;;;;/q3*-1;3*+1. The summed E-state index contributed by atoms with van der Waals surface area (Å²) in [6, 6.07) is 0. The van der Waals surface area contributed by atoms with Gasteiger partial charge in [-0.2, -0.15) is 0 Å². The van der Waals surface area contributed by atoms with Gasteiger partial charge in [-0.3, -0.25) is 0 Å². The molecule has 0 atom stereocenters. The Morgan fingerprint density at radius 3 is 1.00 bits per heavy atom. The predicted molar refractivity (Wildman–Crippen MR) is 83.7 cm³/mol. The summed E-state index contributed by atoms with van der Waals surface area (Å²) in [5.41, 5.74) is -0.855. The van der Waals surface area contributed by atoms with Crippen molar-refractivity contribution in [3.8, 4) is 0 Å². The smallest absolute Gasteiger partial charge is 0.512 e. The van der Waals surface area contributed by atoms with Crippen molar-refractivity contribution in [1.29, 1.82) is 5.26 Å². The Bertz CT molecular complexity index is 334. The van der Waals surface area contributed by atoms with E-state index >= 15 is 0 Å². The van der Waals surface area contributed by atoms with Gasteiger partial charge in [-0.1, -0.05) is 0 Å². The molecule has 0 aliphatic rings. The van der Waals surface area contributed by atoms with Crippen LogP contribution in [0.1, 0.15) is 41.5 Å². The van der Waals surface area contributed by atoms with Crippen LogP contribution in [0.15, 0.2) is 0 Å². The Morgan fingerprint density at radius 1 is 0.800 bits per heavy atom. The average Bonchev–Trinajstić information content (AvgIpc) is 2.27. The molecule has 140 valence electrons. The van der Waals surface area contributed by atoms with Crippen LogP contribution in [0.5, 0.6) is 0 Å². The number of rotatable bonds is 0. The molecule has 0 aliphatic heterocycles.